The Labute approximate surface area is 132 Å². The highest BCUT2D eigenvalue weighted by atomic mass is 79.9. The van der Waals surface area contributed by atoms with E-state index in [1.807, 2.05) is 20.8 Å². The summed E-state index contributed by atoms with van der Waals surface area (Å²) in [6.45, 7) is 6.30. The van der Waals surface area contributed by atoms with Gasteiger partial charge in [0.05, 0.1) is 8.68 Å². The summed E-state index contributed by atoms with van der Waals surface area (Å²) in [5.74, 6) is 0.604. The van der Waals surface area contributed by atoms with Crippen molar-refractivity contribution >= 4 is 48.9 Å². The lowest BCUT2D eigenvalue weighted by atomic mass is 9.88. The molecule has 0 aliphatic rings. The zero-order valence-electron chi connectivity index (χ0n) is 11.3. The van der Waals surface area contributed by atoms with Crippen LogP contribution < -0.4 is 4.72 Å². The van der Waals surface area contributed by atoms with Gasteiger partial charge in [-0.15, -0.1) is 22.9 Å². The molecule has 1 rings (SSSR count). The molecule has 0 amide bonds. The number of alkyl halides is 1. The molecule has 1 aromatic rings. The van der Waals surface area contributed by atoms with E-state index in [0.29, 0.717) is 17.3 Å². The Balaban J connectivity index is 2.73. The molecule has 0 aliphatic carbocycles. The van der Waals surface area contributed by atoms with E-state index in [1.165, 1.54) is 11.3 Å². The summed E-state index contributed by atoms with van der Waals surface area (Å²) in [4.78, 5) is 1.15. The van der Waals surface area contributed by atoms with Crippen molar-refractivity contribution in [1.82, 2.24) is 4.72 Å². The van der Waals surface area contributed by atoms with Crippen LogP contribution in [0.5, 0.6) is 0 Å². The van der Waals surface area contributed by atoms with Crippen LogP contribution in [0.15, 0.2) is 14.7 Å². The van der Waals surface area contributed by atoms with E-state index in [-0.39, 0.29) is 5.41 Å². The number of sulfonamides is 1. The van der Waals surface area contributed by atoms with Crippen LogP contribution in [0.25, 0.3) is 0 Å². The van der Waals surface area contributed by atoms with Crippen LogP contribution >= 0.6 is 38.9 Å². The van der Waals surface area contributed by atoms with E-state index in [1.54, 1.807) is 6.07 Å². The standard InChI is InChI=1S/C12H19BrClNO2S2/c1-9-10(7-11(13)18-9)19(16,17)15-8-12(2,3)5-4-6-14/h7,15H,4-6,8H2,1-3H3. The van der Waals surface area contributed by atoms with Crippen LogP contribution in [0.3, 0.4) is 0 Å². The number of aryl methyl sites for hydroxylation is 1. The fourth-order valence-electron chi connectivity index (χ4n) is 1.70. The van der Waals surface area contributed by atoms with Gasteiger partial charge in [0.25, 0.3) is 0 Å². The van der Waals surface area contributed by atoms with E-state index in [2.05, 4.69) is 20.7 Å². The minimum Gasteiger partial charge on any atom is -0.211 e. The highest BCUT2D eigenvalue weighted by molar-refractivity contribution is 9.11. The number of hydrogen-bond acceptors (Lipinski definition) is 3. The summed E-state index contributed by atoms with van der Waals surface area (Å²) in [5.41, 5.74) is -0.0941. The Kier molecular flexibility index (Phi) is 6.32. The molecular weight excluding hydrogens is 370 g/mol. The summed E-state index contributed by atoms with van der Waals surface area (Å²) in [5, 5.41) is 0. The molecule has 0 aliphatic heterocycles. The fraction of sp³-hybridized carbons (Fsp3) is 0.667. The van der Waals surface area contributed by atoms with Gasteiger partial charge in [0.2, 0.25) is 10.0 Å². The van der Waals surface area contributed by atoms with Gasteiger partial charge in [0.1, 0.15) is 0 Å². The second-order valence-electron chi connectivity index (χ2n) is 5.25. The molecule has 0 fully saturated rings. The molecule has 1 heterocycles. The molecule has 0 saturated carbocycles. The summed E-state index contributed by atoms with van der Waals surface area (Å²) in [6, 6.07) is 1.65. The highest BCUT2D eigenvalue weighted by Crippen LogP contribution is 2.30. The van der Waals surface area contributed by atoms with Crippen molar-refractivity contribution in [3.05, 3.63) is 14.7 Å². The van der Waals surface area contributed by atoms with Gasteiger partial charge in [-0.25, -0.2) is 13.1 Å². The SMILES string of the molecule is Cc1sc(Br)cc1S(=O)(=O)NCC(C)(C)CCCCl. The molecule has 0 radical (unpaired) electrons. The average Bonchev–Trinajstić information content (AvgIpc) is 2.65. The first kappa shape index (κ1) is 17.4. The highest BCUT2D eigenvalue weighted by Gasteiger charge is 2.24. The lowest BCUT2D eigenvalue weighted by Crippen LogP contribution is -2.34. The third-order valence-electron chi connectivity index (χ3n) is 2.86. The van der Waals surface area contributed by atoms with Gasteiger partial charge >= 0.3 is 0 Å². The Hall–Kier alpha value is 0.380. The van der Waals surface area contributed by atoms with Crippen LogP contribution in [0.1, 0.15) is 31.6 Å². The normalized spacial score (nSPS) is 12.9. The van der Waals surface area contributed by atoms with Crippen molar-refractivity contribution in [2.24, 2.45) is 5.41 Å². The molecule has 1 aromatic heterocycles. The average molecular weight is 389 g/mol. The summed E-state index contributed by atoms with van der Waals surface area (Å²) < 4.78 is 28.0. The van der Waals surface area contributed by atoms with Crippen LogP contribution in [-0.2, 0) is 10.0 Å². The monoisotopic (exact) mass is 387 g/mol. The molecule has 0 spiro atoms. The smallest absolute Gasteiger partial charge is 0.211 e. The first-order chi connectivity index (χ1) is 8.68. The number of rotatable bonds is 7. The largest absolute Gasteiger partial charge is 0.241 e. The second-order valence-corrected chi connectivity index (χ2v) is 10.0. The topological polar surface area (TPSA) is 46.2 Å². The molecule has 0 bridgehead atoms. The van der Waals surface area contributed by atoms with Gasteiger partial charge in [-0.2, -0.15) is 0 Å². The lowest BCUT2D eigenvalue weighted by molar-refractivity contribution is 0.331. The molecule has 3 nitrogen and oxygen atoms in total. The zero-order valence-corrected chi connectivity index (χ0v) is 15.3. The van der Waals surface area contributed by atoms with E-state index in [4.69, 9.17) is 11.6 Å². The Morgan fingerprint density at radius 2 is 2.11 bits per heavy atom. The minimum atomic E-state index is -3.43. The van der Waals surface area contributed by atoms with Crippen LogP contribution in [0.2, 0.25) is 0 Å². The quantitative estimate of drug-likeness (QED) is 0.713. The predicted octanol–water partition coefficient (Wildman–Crippen LogP) is 4.14. The first-order valence-electron chi connectivity index (χ1n) is 5.99. The van der Waals surface area contributed by atoms with Gasteiger partial charge in [0, 0.05) is 17.3 Å². The Morgan fingerprint density at radius 3 is 2.58 bits per heavy atom. The molecular formula is C12H19BrClNO2S2. The summed E-state index contributed by atoms with van der Waals surface area (Å²) in [7, 11) is -3.43. The first-order valence-corrected chi connectivity index (χ1v) is 9.62. The van der Waals surface area contributed by atoms with E-state index in [0.717, 1.165) is 21.5 Å². The molecule has 110 valence electrons. The zero-order chi connectivity index (χ0) is 14.7. The van der Waals surface area contributed by atoms with Crippen molar-refractivity contribution in [1.29, 1.82) is 0 Å². The molecule has 19 heavy (non-hydrogen) atoms. The number of halogens is 2. The van der Waals surface area contributed by atoms with E-state index in [9.17, 15) is 8.42 Å². The Morgan fingerprint density at radius 1 is 1.47 bits per heavy atom. The molecule has 1 N–H and O–H groups in total. The minimum absolute atomic E-state index is 0.0941. The third-order valence-corrected chi connectivity index (χ3v) is 6.34. The van der Waals surface area contributed by atoms with Crippen LogP contribution in [0, 0.1) is 12.3 Å². The second kappa shape index (κ2) is 6.89. The molecule has 0 aromatic carbocycles. The van der Waals surface area contributed by atoms with Gasteiger partial charge in [-0.1, -0.05) is 13.8 Å². The molecule has 0 unspecified atom stereocenters. The molecule has 0 saturated heterocycles. The van der Waals surface area contributed by atoms with Crippen molar-refractivity contribution < 1.29 is 8.42 Å². The molecule has 0 atom stereocenters. The van der Waals surface area contributed by atoms with Crippen molar-refractivity contribution in [2.75, 3.05) is 12.4 Å². The maximum atomic E-state index is 12.2. The fourth-order valence-corrected chi connectivity index (χ4v) is 5.49. The van der Waals surface area contributed by atoms with Gasteiger partial charge in [-0.05, 0) is 47.2 Å². The molecule has 7 heteroatoms. The van der Waals surface area contributed by atoms with Crippen molar-refractivity contribution in [2.45, 2.75) is 38.5 Å². The van der Waals surface area contributed by atoms with Crippen LogP contribution in [0.4, 0.5) is 0 Å². The maximum Gasteiger partial charge on any atom is 0.241 e. The van der Waals surface area contributed by atoms with Gasteiger partial charge in [0.15, 0.2) is 0 Å². The number of thiophene rings is 1. The van der Waals surface area contributed by atoms with Crippen molar-refractivity contribution in [3.63, 3.8) is 0 Å². The third kappa shape index (κ3) is 5.34. The van der Waals surface area contributed by atoms with Gasteiger partial charge in [-0.3, -0.25) is 0 Å². The maximum absolute atomic E-state index is 12.2. The summed E-state index contributed by atoms with van der Waals surface area (Å²) in [6.07, 6.45) is 1.78. The summed E-state index contributed by atoms with van der Waals surface area (Å²) >= 11 is 10.4. The Bertz CT molecular complexity index is 526. The number of nitrogens with one attached hydrogen (secondary N) is 1. The number of hydrogen-bond donors (Lipinski definition) is 1. The van der Waals surface area contributed by atoms with E-state index >= 15 is 0 Å². The van der Waals surface area contributed by atoms with Crippen LogP contribution in [-0.4, -0.2) is 20.8 Å². The van der Waals surface area contributed by atoms with Crippen molar-refractivity contribution in [3.8, 4) is 0 Å². The predicted molar refractivity (Wildman–Crippen MR) is 85.7 cm³/mol. The van der Waals surface area contributed by atoms with E-state index < -0.39 is 10.0 Å². The van der Waals surface area contributed by atoms with Gasteiger partial charge < -0.3 is 0 Å². The lowest BCUT2D eigenvalue weighted by Gasteiger charge is -2.24.